The van der Waals surface area contributed by atoms with E-state index in [0.29, 0.717) is 6.04 Å². The number of nitrogens with one attached hydrogen (secondary N) is 1. The largest absolute Gasteiger partial charge is 0.380 e. The molecule has 94 valence electrons. The fourth-order valence-electron chi connectivity index (χ4n) is 2.34. The van der Waals surface area contributed by atoms with Crippen molar-refractivity contribution in [3.05, 3.63) is 29.8 Å². The van der Waals surface area contributed by atoms with Gasteiger partial charge < -0.3 is 10.1 Å². The lowest BCUT2D eigenvalue weighted by atomic mass is 9.85. The summed E-state index contributed by atoms with van der Waals surface area (Å²) in [5, 5.41) is 3.63. The van der Waals surface area contributed by atoms with Gasteiger partial charge in [0.15, 0.2) is 0 Å². The van der Waals surface area contributed by atoms with E-state index in [-0.39, 0.29) is 5.41 Å². The van der Waals surface area contributed by atoms with E-state index in [1.54, 1.807) is 0 Å². The number of rotatable bonds is 2. The molecule has 0 amide bonds. The summed E-state index contributed by atoms with van der Waals surface area (Å²) in [6.07, 6.45) is 2.37. The van der Waals surface area contributed by atoms with Crippen LogP contribution >= 0.6 is 0 Å². The van der Waals surface area contributed by atoms with Crippen molar-refractivity contribution in [1.82, 2.24) is 0 Å². The number of hydrogen-bond donors (Lipinski definition) is 1. The van der Waals surface area contributed by atoms with Gasteiger partial charge in [-0.3, -0.25) is 0 Å². The Bertz CT molecular complexity index is 361. The van der Waals surface area contributed by atoms with Gasteiger partial charge in [0, 0.05) is 18.3 Å². The van der Waals surface area contributed by atoms with E-state index >= 15 is 0 Å². The number of ether oxygens (including phenoxy) is 1. The molecule has 2 rings (SSSR count). The highest BCUT2D eigenvalue weighted by atomic mass is 16.5. The molecule has 1 aromatic carbocycles. The second-order valence-electron chi connectivity index (χ2n) is 5.85. The Morgan fingerprint density at radius 3 is 2.65 bits per heavy atom. The third-order valence-corrected chi connectivity index (χ3v) is 3.26. The molecule has 0 bridgehead atoms. The minimum absolute atomic E-state index is 0.180. The average molecular weight is 233 g/mol. The Balaban J connectivity index is 2.14. The lowest BCUT2D eigenvalue weighted by Crippen LogP contribution is -2.31. The summed E-state index contributed by atoms with van der Waals surface area (Å²) < 4.78 is 5.52. The van der Waals surface area contributed by atoms with Gasteiger partial charge in [-0.15, -0.1) is 0 Å². The van der Waals surface area contributed by atoms with Gasteiger partial charge in [-0.25, -0.2) is 0 Å². The second-order valence-corrected chi connectivity index (χ2v) is 5.85. The maximum atomic E-state index is 5.52. The highest BCUT2D eigenvalue weighted by Crippen LogP contribution is 2.30. The van der Waals surface area contributed by atoms with Crippen LogP contribution in [0.1, 0.15) is 39.2 Å². The molecule has 1 atom stereocenters. The summed E-state index contributed by atoms with van der Waals surface area (Å²) in [7, 11) is 0. The van der Waals surface area contributed by atoms with Crippen molar-refractivity contribution in [3.8, 4) is 0 Å². The molecule has 1 heterocycles. The Labute approximate surface area is 104 Å². The molecule has 1 aromatic rings. The number of benzene rings is 1. The van der Waals surface area contributed by atoms with Gasteiger partial charge >= 0.3 is 0 Å². The van der Waals surface area contributed by atoms with Crippen LogP contribution in [-0.4, -0.2) is 19.3 Å². The van der Waals surface area contributed by atoms with Crippen molar-refractivity contribution in [2.75, 3.05) is 18.5 Å². The van der Waals surface area contributed by atoms with Gasteiger partial charge in [-0.2, -0.15) is 0 Å². The molecule has 0 saturated carbocycles. The molecular weight excluding hydrogens is 210 g/mol. The van der Waals surface area contributed by atoms with Crippen LogP contribution in [-0.2, 0) is 10.2 Å². The Kier molecular flexibility index (Phi) is 3.72. The summed E-state index contributed by atoms with van der Waals surface area (Å²) in [6.45, 7) is 8.51. The minimum atomic E-state index is 0.180. The van der Waals surface area contributed by atoms with Gasteiger partial charge in [-0.05, 0) is 29.9 Å². The van der Waals surface area contributed by atoms with Crippen LogP contribution in [0.5, 0.6) is 0 Å². The minimum Gasteiger partial charge on any atom is -0.380 e. The SMILES string of the molecule is CC(C)(C)c1ccccc1NC1CCCOC1. The third kappa shape index (κ3) is 3.22. The molecular formula is C15H23NO. The first-order chi connectivity index (χ1) is 8.07. The predicted octanol–water partition coefficient (Wildman–Crippen LogP) is 3.58. The lowest BCUT2D eigenvalue weighted by Gasteiger charge is -2.28. The summed E-state index contributed by atoms with van der Waals surface area (Å²) >= 11 is 0. The van der Waals surface area contributed by atoms with Crippen LogP contribution in [0.15, 0.2) is 24.3 Å². The molecule has 1 fully saturated rings. The topological polar surface area (TPSA) is 21.3 Å². The van der Waals surface area contributed by atoms with Crippen molar-refractivity contribution in [1.29, 1.82) is 0 Å². The average Bonchev–Trinajstić information content (AvgIpc) is 2.30. The second kappa shape index (κ2) is 5.09. The van der Waals surface area contributed by atoms with E-state index in [2.05, 4.69) is 50.4 Å². The van der Waals surface area contributed by atoms with Crippen molar-refractivity contribution < 1.29 is 4.74 Å². The molecule has 17 heavy (non-hydrogen) atoms. The van der Waals surface area contributed by atoms with E-state index in [0.717, 1.165) is 19.6 Å². The molecule has 1 N–H and O–H groups in total. The van der Waals surface area contributed by atoms with Gasteiger partial charge in [0.25, 0.3) is 0 Å². The van der Waals surface area contributed by atoms with Crippen LogP contribution in [0, 0.1) is 0 Å². The number of para-hydroxylation sites is 1. The fraction of sp³-hybridized carbons (Fsp3) is 0.600. The number of anilines is 1. The maximum Gasteiger partial charge on any atom is 0.0667 e. The predicted molar refractivity (Wildman–Crippen MR) is 72.6 cm³/mol. The normalized spacial score (nSPS) is 21.2. The Morgan fingerprint density at radius 1 is 1.24 bits per heavy atom. The van der Waals surface area contributed by atoms with Crippen molar-refractivity contribution >= 4 is 5.69 Å². The first-order valence-electron chi connectivity index (χ1n) is 6.51. The maximum absolute atomic E-state index is 5.52. The highest BCUT2D eigenvalue weighted by molar-refractivity contribution is 5.54. The zero-order valence-corrected chi connectivity index (χ0v) is 11.1. The first kappa shape index (κ1) is 12.4. The third-order valence-electron chi connectivity index (χ3n) is 3.26. The van der Waals surface area contributed by atoms with Crippen LogP contribution in [0.2, 0.25) is 0 Å². The van der Waals surface area contributed by atoms with Gasteiger partial charge in [-0.1, -0.05) is 39.0 Å². The lowest BCUT2D eigenvalue weighted by molar-refractivity contribution is 0.0875. The number of hydrogen-bond acceptors (Lipinski definition) is 2. The van der Waals surface area contributed by atoms with Crippen LogP contribution in [0.3, 0.4) is 0 Å². The van der Waals surface area contributed by atoms with Gasteiger partial charge in [0.1, 0.15) is 0 Å². The fourth-order valence-corrected chi connectivity index (χ4v) is 2.34. The molecule has 2 nitrogen and oxygen atoms in total. The van der Waals surface area contributed by atoms with Crippen LogP contribution in [0.4, 0.5) is 5.69 Å². The molecule has 2 heteroatoms. The monoisotopic (exact) mass is 233 g/mol. The highest BCUT2D eigenvalue weighted by Gasteiger charge is 2.20. The van der Waals surface area contributed by atoms with Crippen LogP contribution in [0.25, 0.3) is 0 Å². The van der Waals surface area contributed by atoms with E-state index in [1.807, 2.05) is 0 Å². The van der Waals surface area contributed by atoms with E-state index in [1.165, 1.54) is 17.7 Å². The molecule has 0 spiro atoms. The standard InChI is InChI=1S/C15H23NO/c1-15(2,3)13-8-4-5-9-14(13)16-12-7-6-10-17-11-12/h4-5,8-9,12,16H,6-7,10-11H2,1-3H3. The summed E-state index contributed by atoms with van der Waals surface area (Å²) in [5.74, 6) is 0. The molecule has 1 aliphatic heterocycles. The van der Waals surface area contributed by atoms with Gasteiger partial charge in [0.2, 0.25) is 0 Å². The quantitative estimate of drug-likeness (QED) is 0.843. The summed E-state index contributed by atoms with van der Waals surface area (Å²) in [5.41, 5.74) is 2.82. The molecule has 1 unspecified atom stereocenters. The molecule has 0 aliphatic carbocycles. The van der Waals surface area contributed by atoms with E-state index < -0.39 is 0 Å². The van der Waals surface area contributed by atoms with Crippen LogP contribution < -0.4 is 5.32 Å². The van der Waals surface area contributed by atoms with Gasteiger partial charge in [0.05, 0.1) is 6.61 Å². The van der Waals surface area contributed by atoms with Crippen molar-refractivity contribution in [2.24, 2.45) is 0 Å². The molecule has 1 aliphatic rings. The molecule has 0 aromatic heterocycles. The zero-order valence-electron chi connectivity index (χ0n) is 11.1. The van der Waals surface area contributed by atoms with Crippen molar-refractivity contribution in [3.63, 3.8) is 0 Å². The van der Waals surface area contributed by atoms with Crippen molar-refractivity contribution in [2.45, 2.75) is 45.1 Å². The first-order valence-corrected chi connectivity index (χ1v) is 6.51. The molecule has 1 saturated heterocycles. The Morgan fingerprint density at radius 2 is 2.00 bits per heavy atom. The van der Waals surface area contributed by atoms with E-state index in [4.69, 9.17) is 4.74 Å². The Hall–Kier alpha value is -1.02. The summed E-state index contributed by atoms with van der Waals surface area (Å²) in [6, 6.07) is 9.07. The smallest absolute Gasteiger partial charge is 0.0667 e. The molecule has 0 radical (unpaired) electrons. The zero-order chi connectivity index (χ0) is 12.3. The van der Waals surface area contributed by atoms with E-state index in [9.17, 15) is 0 Å². The summed E-state index contributed by atoms with van der Waals surface area (Å²) in [4.78, 5) is 0.